The molecule has 0 aliphatic heterocycles. The quantitative estimate of drug-likeness (QED) is 0.846. The van der Waals surface area contributed by atoms with Gasteiger partial charge in [0.25, 0.3) is 0 Å². The van der Waals surface area contributed by atoms with E-state index in [0.717, 1.165) is 11.6 Å². The first kappa shape index (κ1) is 11.2. The van der Waals surface area contributed by atoms with Gasteiger partial charge in [0.05, 0.1) is 18.5 Å². The lowest BCUT2D eigenvalue weighted by Gasteiger charge is -2.18. The zero-order chi connectivity index (χ0) is 11.4. The number of nitrogens with one attached hydrogen (secondary N) is 1. The summed E-state index contributed by atoms with van der Waals surface area (Å²) >= 11 is 0. The van der Waals surface area contributed by atoms with E-state index in [1.807, 2.05) is 25.3 Å². The molecule has 1 aliphatic rings. The molecule has 3 nitrogen and oxygen atoms in total. The standard InChI is InChI=1S/C13H20N2O/c1-3-16-13-8-7-11(9-14-13)15-12-6-4-5-10(12)2/h7-10,12,15H,3-6H2,1-2H3. The predicted octanol–water partition coefficient (Wildman–Crippen LogP) is 3.08. The van der Waals surface area contributed by atoms with Crippen LogP contribution in [0.15, 0.2) is 18.3 Å². The summed E-state index contributed by atoms with van der Waals surface area (Å²) in [7, 11) is 0. The Bertz CT molecular complexity index is 323. The van der Waals surface area contributed by atoms with Crippen LogP contribution in [0.5, 0.6) is 5.88 Å². The highest BCUT2D eigenvalue weighted by molar-refractivity contribution is 5.43. The molecule has 1 saturated carbocycles. The third-order valence-corrected chi connectivity index (χ3v) is 3.24. The zero-order valence-corrected chi connectivity index (χ0v) is 10.1. The molecule has 16 heavy (non-hydrogen) atoms. The van der Waals surface area contributed by atoms with Crippen molar-refractivity contribution in [1.29, 1.82) is 0 Å². The highest BCUT2D eigenvalue weighted by atomic mass is 16.5. The number of hydrogen-bond donors (Lipinski definition) is 1. The SMILES string of the molecule is CCOc1ccc(NC2CCCC2C)cn1. The molecule has 0 saturated heterocycles. The van der Waals surface area contributed by atoms with E-state index in [0.29, 0.717) is 18.5 Å². The van der Waals surface area contributed by atoms with Crippen molar-refractivity contribution in [3.05, 3.63) is 18.3 Å². The van der Waals surface area contributed by atoms with Gasteiger partial charge in [-0.3, -0.25) is 0 Å². The molecule has 3 heteroatoms. The van der Waals surface area contributed by atoms with E-state index in [1.54, 1.807) is 0 Å². The number of hydrogen-bond acceptors (Lipinski definition) is 3. The molecule has 1 aliphatic carbocycles. The molecule has 0 aromatic carbocycles. The zero-order valence-electron chi connectivity index (χ0n) is 10.1. The van der Waals surface area contributed by atoms with Crippen molar-refractivity contribution in [3.63, 3.8) is 0 Å². The Kier molecular flexibility index (Phi) is 3.65. The lowest BCUT2D eigenvalue weighted by atomic mass is 10.1. The third-order valence-electron chi connectivity index (χ3n) is 3.24. The van der Waals surface area contributed by atoms with Crippen LogP contribution in [0.2, 0.25) is 0 Å². The van der Waals surface area contributed by atoms with Crippen molar-refractivity contribution in [2.75, 3.05) is 11.9 Å². The number of pyridine rings is 1. The summed E-state index contributed by atoms with van der Waals surface area (Å²) in [5.74, 6) is 1.47. The summed E-state index contributed by atoms with van der Waals surface area (Å²) in [4.78, 5) is 4.25. The molecule has 88 valence electrons. The van der Waals surface area contributed by atoms with Crippen LogP contribution in [0.25, 0.3) is 0 Å². The average molecular weight is 220 g/mol. The van der Waals surface area contributed by atoms with Crippen LogP contribution in [0.3, 0.4) is 0 Å². The first-order chi connectivity index (χ1) is 7.79. The molecule has 1 N–H and O–H groups in total. The third kappa shape index (κ3) is 2.65. The van der Waals surface area contributed by atoms with E-state index in [9.17, 15) is 0 Å². The molecule has 2 rings (SSSR count). The minimum absolute atomic E-state index is 0.611. The minimum atomic E-state index is 0.611. The first-order valence-electron chi connectivity index (χ1n) is 6.15. The van der Waals surface area contributed by atoms with Gasteiger partial charge in [-0.2, -0.15) is 0 Å². The number of nitrogens with zero attached hydrogens (tertiary/aromatic N) is 1. The average Bonchev–Trinajstić information content (AvgIpc) is 2.68. The number of aromatic nitrogens is 1. The van der Waals surface area contributed by atoms with Crippen LogP contribution in [0.1, 0.15) is 33.1 Å². The van der Waals surface area contributed by atoms with Gasteiger partial charge in [0.1, 0.15) is 0 Å². The van der Waals surface area contributed by atoms with Crippen molar-refractivity contribution in [2.24, 2.45) is 5.92 Å². The van der Waals surface area contributed by atoms with Crippen LogP contribution >= 0.6 is 0 Å². The second-order valence-electron chi connectivity index (χ2n) is 4.48. The molecule has 1 fully saturated rings. The van der Waals surface area contributed by atoms with Gasteiger partial charge < -0.3 is 10.1 Å². The Balaban J connectivity index is 1.94. The van der Waals surface area contributed by atoms with Gasteiger partial charge in [-0.15, -0.1) is 0 Å². The van der Waals surface area contributed by atoms with Crippen molar-refractivity contribution in [1.82, 2.24) is 4.98 Å². The summed E-state index contributed by atoms with van der Waals surface area (Å²) in [6.07, 6.45) is 5.80. The van der Waals surface area contributed by atoms with Gasteiger partial charge in [0, 0.05) is 12.1 Å². The van der Waals surface area contributed by atoms with Crippen molar-refractivity contribution in [3.8, 4) is 5.88 Å². The molecule has 1 aromatic rings. The van der Waals surface area contributed by atoms with Crippen LogP contribution in [-0.2, 0) is 0 Å². The fourth-order valence-electron chi connectivity index (χ4n) is 2.27. The van der Waals surface area contributed by atoms with Crippen molar-refractivity contribution < 1.29 is 4.74 Å². The van der Waals surface area contributed by atoms with Gasteiger partial charge in [-0.25, -0.2) is 4.98 Å². The second kappa shape index (κ2) is 5.19. The fourth-order valence-corrected chi connectivity index (χ4v) is 2.27. The molecular formula is C13H20N2O. The molecule has 2 atom stereocenters. The minimum Gasteiger partial charge on any atom is -0.478 e. The molecule has 1 aromatic heterocycles. The summed E-state index contributed by atoms with van der Waals surface area (Å²) in [5, 5.41) is 3.54. The summed E-state index contributed by atoms with van der Waals surface area (Å²) in [6, 6.07) is 4.58. The van der Waals surface area contributed by atoms with E-state index in [4.69, 9.17) is 4.74 Å². The van der Waals surface area contributed by atoms with E-state index in [-0.39, 0.29) is 0 Å². The summed E-state index contributed by atoms with van der Waals surface area (Å²) in [6.45, 7) is 4.94. The molecule has 0 amide bonds. The van der Waals surface area contributed by atoms with Gasteiger partial charge in [0.2, 0.25) is 5.88 Å². The van der Waals surface area contributed by atoms with Gasteiger partial charge in [0.15, 0.2) is 0 Å². The van der Waals surface area contributed by atoms with Gasteiger partial charge in [-0.05, 0) is 31.7 Å². The van der Waals surface area contributed by atoms with Crippen LogP contribution in [0, 0.1) is 5.92 Å². The molecule has 0 bridgehead atoms. The lowest BCUT2D eigenvalue weighted by molar-refractivity contribution is 0.327. The first-order valence-corrected chi connectivity index (χ1v) is 6.15. The topological polar surface area (TPSA) is 34.1 Å². The Morgan fingerprint density at radius 3 is 2.88 bits per heavy atom. The molecule has 1 heterocycles. The number of ether oxygens (including phenoxy) is 1. The lowest BCUT2D eigenvalue weighted by Crippen LogP contribution is -2.21. The maximum atomic E-state index is 5.31. The van der Waals surface area contributed by atoms with Gasteiger partial charge >= 0.3 is 0 Å². The largest absolute Gasteiger partial charge is 0.478 e. The van der Waals surface area contributed by atoms with E-state index in [2.05, 4.69) is 17.2 Å². The highest BCUT2D eigenvalue weighted by Gasteiger charge is 2.22. The van der Waals surface area contributed by atoms with Crippen LogP contribution in [-0.4, -0.2) is 17.6 Å². The normalized spacial score (nSPS) is 24.4. The molecule has 0 spiro atoms. The van der Waals surface area contributed by atoms with Crippen molar-refractivity contribution >= 4 is 5.69 Å². The fraction of sp³-hybridized carbons (Fsp3) is 0.615. The maximum absolute atomic E-state index is 5.31. The van der Waals surface area contributed by atoms with Crippen molar-refractivity contribution in [2.45, 2.75) is 39.2 Å². The molecule has 2 unspecified atom stereocenters. The summed E-state index contributed by atoms with van der Waals surface area (Å²) in [5.41, 5.74) is 1.10. The highest BCUT2D eigenvalue weighted by Crippen LogP contribution is 2.27. The maximum Gasteiger partial charge on any atom is 0.213 e. The van der Waals surface area contributed by atoms with Gasteiger partial charge in [-0.1, -0.05) is 13.3 Å². The Morgan fingerprint density at radius 2 is 2.31 bits per heavy atom. The Labute approximate surface area is 97.2 Å². The van der Waals surface area contributed by atoms with Crippen LogP contribution < -0.4 is 10.1 Å². The smallest absolute Gasteiger partial charge is 0.213 e. The Hall–Kier alpha value is -1.25. The second-order valence-corrected chi connectivity index (χ2v) is 4.48. The molecule has 0 radical (unpaired) electrons. The predicted molar refractivity (Wildman–Crippen MR) is 65.8 cm³/mol. The van der Waals surface area contributed by atoms with E-state index in [1.165, 1.54) is 19.3 Å². The monoisotopic (exact) mass is 220 g/mol. The number of rotatable bonds is 4. The summed E-state index contributed by atoms with van der Waals surface area (Å²) < 4.78 is 5.31. The van der Waals surface area contributed by atoms with Crippen LogP contribution in [0.4, 0.5) is 5.69 Å². The van der Waals surface area contributed by atoms with E-state index < -0.39 is 0 Å². The number of anilines is 1. The van der Waals surface area contributed by atoms with E-state index >= 15 is 0 Å². The molecular weight excluding hydrogens is 200 g/mol. The Morgan fingerprint density at radius 1 is 1.44 bits per heavy atom.